The van der Waals surface area contributed by atoms with Gasteiger partial charge in [-0.1, -0.05) is 24.6 Å². The minimum Gasteiger partial charge on any atom is -0.394 e. The number of hydrogen-bond donors (Lipinski definition) is 2. The number of halogens is 2. The van der Waals surface area contributed by atoms with Crippen LogP contribution in [-0.2, 0) is 5.54 Å². The van der Waals surface area contributed by atoms with E-state index in [9.17, 15) is 9.50 Å². The lowest BCUT2D eigenvalue weighted by molar-refractivity contribution is 0.204. The Morgan fingerprint density at radius 1 is 1.35 bits per heavy atom. The van der Waals surface area contributed by atoms with Crippen molar-refractivity contribution in [3.05, 3.63) is 59.1 Å². The van der Waals surface area contributed by atoms with Gasteiger partial charge < -0.3 is 10.4 Å². The Labute approximate surface area is 122 Å². The number of aliphatic hydroxyl groups is 1. The number of rotatable bonds is 5. The molecule has 0 radical (unpaired) electrons. The maximum atomic E-state index is 13.0. The first kappa shape index (κ1) is 14.8. The maximum Gasteiger partial charge on any atom is 0.141 e. The smallest absolute Gasteiger partial charge is 0.141 e. The third-order valence-corrected chi connectivity index (χ3v) is 3.53. The molecule has 1 heterocycles. The van der Waals surface area contributed by atoms with E-state index in [0.717, 1.165) is 11.9 Å². The first-order valence-electron chi connectivity index (χ1n) is 6.36. The highest BCUT2D eigenvalue weighted by molar-refractivity contribution is 6.30. The number of hydrogen-bond acceptors (Lipinski definition) is 3. The summed E-state index contributed by atoms with van der Waals surface area (Å²) in [5, 5.41) is 13.7. The van der Waals surface area contributed by atoms with Crippen molar-refractivity contribution in [3.63, 3.8) is 0 Å². The summed E-state index contributed by atoms with van der Waals surface area (Å²) in [7, 11) is 0. The summed E-state index contributed by atoms with van der Waals surface area (Å²) in [5.74, 6) is -0.403. The van der Waals surface area contributed by atoms with Crippen LogP contribution in [0.4, 0.5) is 10.1 Å². The minimum atomic E-state index is -0.765. The summed E-state index contributed by atoms with van der Waals surface area (Å²) >= 11 is 5.96. The second kappa shape index (κ2) is 6.20. The number of benzene rings is 1. The molecular formula is C15H16ClFN2O. The molecule has 0 amide bonds. The van der Waals surface area contributed by atoms with Crippen molar-refractivity contribution in [2.24, 2.45) is 0 Å². The van der Waals surface area contributed by atoms with Crippen molar-refractivity contribution < 1.29 is 9.50 Å². The summed E-state index contributed by atoms with van der Waals surface area (Å²) in [6, 6.07) is 10.1. The number of nitrogens with zero attached hydrogens (tertiary/aromatic N) is 1. The number of anilines is 1. The topological polar surface area (TPSA) is 45.1 Å². The maximum absolute atomic E-state index is 13.0. The van der Waals surface area contributed by atoms with E-state index in [1.807, 2.05) is 19.1 Å². The van der Waals surface area contributed by atoms with Gasteiger partial charge in [-0.2, -0.15) is 0 Å². The van der Waals surface area contributed by atoms with Crippen molar-refractivity contribution in [2.75, 3.05) is 11.9 Å². The summed E-state index contributed by atoms with van der Waals surface area (Å²) < 4.78 is 13.0. The second-order valence-corrected chi connectivity index (χ2v) is 5.03. The number of pyridine rings is 1. The Kier molecular flexibility index (Phi) is 4.57. The van der Waals surface area contributed by atoms with Crippen LogP contribution in [0.1, 0.15) is 19.0 Å². The molecule has 0 saturated heterocycles. The average Bonchev–Trinajstić information content (AvgIpc) is 2.46. The number of nitrogens with one attached hydrogen (secondary N) is 1. The number of aromatic nitrogens is 1. The van der Waals surface area contributed by atoms with Gasteiger partial charge in [-0.05, 0) is 36.8 Å². The van der Waals surface area contributed by atoms with Gasteiger partial charge in [0.15, 0.2) is 0 Å². The Hall–Kier alpha value is -1.65. The molecule has 0 saturated carbocycles. The molecule has 3 nitrogen and oxygen atoms in total. The molecule has 0 aliphatic carbocycles. The lowest BCUT2D eigenvalue weighted by Gasteiger charge is -2.32. The van der Waals surface area contributed by atoms with E-state index in [4.69, 9.17) is 11.6 Å². The summed E-state index contributed by atoms with van der Waals surface area (Å²) in [5.41, 5.74) is 0.599. The van der Waals surface area contributed by atoms with Crippen molar-refractivity contribution in [2.45, 2.75) is 18.9 Å². The Bertz CT molecular complexity index is 570. The van der Waals surface area contributed by atoms with Gasteiger partial charge in [0.25, 0.3) is 0 Å². The van der Waals surface area contributed by atoms with E-state index in [0.29, 0.717) is 17.1 Å². The summed E-state index contributed by atoms with van der Waals surface area (Å²) in [6.07, 6.45) is 1.74. The van der Waals surface area contributed by atoms with E-state index in [1.165, 1.54) is 6.07 Å². The van der Waals surface area contributed by atoms with Gasteiger partial charge in [-0.25, -0.2) is 4.39 Å². The monoisotopic (exact) mass is 294 g/mol. The standard InChI is InChI=1S/C15H16ClFN2O/c1-2-15(10-20,14-7-6-12(17)9-18-14)19-13-5-3-4-11(16)8-13/h3-9,19-20H,2,10H2,1H3. The Morgan fingerprint density at radius 2 is 2.15 bits per heavy atom. The van der Waals surface area contributed by atoms with Gasteiger partial charge in [0.05, 0.1) is 18.5 Å². The Balaban J connectivity index is 2.36. The van der Waals surface area contributed by atoms with Gasteiger partial charge in [-0.15, -0.1) is 0 Å². The highest BCUT2D eigenvalue weighted by Gasteiger charge is 2.31. The lowest BCUT2D eigenvalue weighted by atomic mass is 9.91. The molecule has 1 aromatic heterocycles. The predicted octanol–water partition coefficient (Wildman–Crippen LogP) is 3.58. The van der Waals surface area contributed by atoms with Crippen LogP contribution in [0.2, 0.25) is 5.02 Å². The van der Waals surface area contributed by atoms with E-state index in [2.05, 4.69) is 10.3 Å². The quantitative estimate of drug-likeness (QED) is 0.886. The lowest BCUT2D eigenvalue weighted by Crippen LogP contribution is -2.39. The molecule has 20 heavy (non-hydrogen) atoms. The van der Waals surface area contributed by atoms with Gasteiger partial charge in [0.2, 0.25) is 0 Å². The van der Waals surface area contributed by atoms with Crippen LogP contribution in [0.25, 0.3) is 0 Å². The van der Waals surface area contributed by atoms with Crippen LogP contribution in [0.3, 0.4) is 0 Å². The third-order valence-electron chi connectivity index (χ3n) is 3.30. The molecule has 1 aromatic carbocycles. The predicted molar refractivity (Wildman–Crippen MR) is 78.3 cm³/mol. The molecule has 1 atom stereocenters. The van der Waals surface area contributed by atoms with Crippen LogP contribution >= 0.6 is 11.6 Å². The molecular weight excluding hydrogens is 279 g/mol. The van der Waals surface area contributed by atoms with Crippen LogP contribution in [-0.4, -0.2) is 16.7 Å². The van der Waals surface area contributed by atoms with Crippen molar-refractivity contribution in [1.82, 2.24) is 4.98 Å². The molecule has 2 aromatic rings. The van der Waals surface area contributed by atoms with Gasteiger partial charge in [0, 0.05) is 10.7 Å². The first-order valence-corrected chi connectivity index (χ1v) is 6.74. The molecule has 0 aliphatic heterocycles. The molecule has 1 unspecified atom stereocenters. The third kappa shape index (κ3) is 3.08. The van der Waals surface area contributed by atoms with E-state index in [-0.39, 0.29) is 6.61 Å². The Morgan fingerprint density at radius 3 is 2.70 bits per heavy atom. The molecule has 0 spiro atoms. The molecule has 0 aliphatic rings. The molecule has 0 fully saturated rings. The molecule has 0 bridgehead atoms. The zero-order chi connectivity index (χ0) is 14.6. The van der Waals surface area contributed by atoms with Crippen molar-refractivity contribution >= 4 is 17.3 Å². The molecule has 5 heteroatoms. The average molecular weight is 295 g/mol. The fourth-order valence-corrected chi connectivity index (χ4v) is 2.26. The molecule has 2 N–H and O–H groups in total. The van der Waals surface area contributed by atoms with Gasteiger partial charge >= 0.3 is 0 Å². The fourth-order valence-electron chi connectivity index (χ4n) is 2.07. The van der Waals surface area contributed by atoms with Gasteiger partial charge in [0.1, 0.15) is 11.4 Å². The zero-order valence-electron chi connectivity index (χ0n) is 11.1. The number of aliphatic hydroxyl groups excluding tert-OH is 1. The van der Waals surface area contributed by atoms with E-state index in [1.54, 1.807) is 18.2 Å². The summed E-state index contributed by atoms with van der Waals surface area (Å²) in [4.78, 5) is 4.08. The normalized spacial score (nSPS) is 13.8. The van der Waals surface area contributed by atoms with E-state index >= 15 is 0 Å². The largest absolute Gasteiger partial charge is 0.394 e. The van der Waals surface area contributed by atoms with Crippen LogP contribution in [0.5, 0.6) is 0 Å². The zero-order valence-corrected chi connectivity index (χ0v) is 11.9. The summed E-state index contributed by atoms with van der Waals surface area (Å²) in [6.45, 7) is 1.77. The van der Waals surface area contributed by atoms with Crippen LogP contribution < -0.4 is 5.32 Å². The SMILES string of the molecule is CCC(CO)(Nc1cccc(Cl)c1)c1ccc(F)cn1. The highest BCUT2D eigenvalue weighted by Crippen LogP contribution is 2.29. The second-order valence-electron chi connectivity index (χ2n) is 4.59. The highest BCUT2D eigenvalue weighted by atomic mass is 35.5. The minimum absolute atomic E-state index is 0.158. The fraction of sp³-hybridized carbons (Fsp3) is 0.267. The molecule has 106 valence electrons. The van der Waals surface area contributed by atoms with Crippen molar-refractivity contribution in [1.29, 1.82) is 0 Å². The first-order chi connectivity index (χ1) is 9.59. The van der Waals surface area contributed by atoms with Crippen LogP contribution in [0, 0.1) is 5.82 Å². The van der Waals surface area contributed by atoms with Crippen molar-refractivity contribution in [3.8, 4) is 0 Å². The van der Waals surface area contributed by atoms with Gasteiger partial charge in [-0.3, -0.25) is 4.98 Å². The van der Waals surface area contributed by atoms with E-state index < -0.39 is 11.4 Å². The molecule has 2 rings (SSSR count). The van der Waals surface area contributed by atoms with Crippen LogP contribution in [0.15, 0.2) is 42.6 Å².